The molecule has 38 heavy (non-hydrogen) atoms. The fraction of sp³-hybridized carbons (Fsp3) is 0.464. The molecule has 0 fully saturated rings. The van der Waals surface area contributed by atoms with Crippen molar-refractivity contribution in [1.29, 1.82) is 0 Å². The third-order valence-electron chi connectivity index (χ3n) is 7.01. The van der Waals surface area contributed by atoms with E-state index in [9.17, 15) is 19.2 Å². The average molecular weight is 523 g/mol. The van der Waals surface area contributed by atoms with Crippen LogP contribution in [-0.2, 0) is 22.6 Å². The van der Waals surface area contributed by atoms with Gasteiger partial charge in [-0.25, -0.2) is 9.55 Å². The largest absolute Gasteiger partial charge is 0.349 e. The Hall–Kier alpha value is -3.79. The number of nitrogens with zero attached hydrogens (tertiary/aromatic N) is 4. The molecule has 0 bridgehead atoms. The zero-order chi connectivity index (χ0) is 28.1. The van der Waals surface area contributed by atoms with Gasteiger partial charge in [-0.3, -0.25) is 19.2 Å². The molecule has 0 spiro atoms. The summed E-state index contributed by atoms with van der Waals surface area (Å²) in [4.78, 5) is 58.1. The number of Topliss-reactive ketones (excluding diaryl/α,β-unsaturated/α-hetero) is 1. The Balaban J connectivity index is 1.89. The first-order chi connectivity index (χ1) is 18.0. The van der Waals surface area contributed by atoms with Gasteiger partial charge in [-0.15, -0.1) is 6.58 Å². The topological polar surface area (TPSA) is 131 Å². The van der Waals surface area contributed by atoms with Crippen LogP contribution < -0.4 is 16.6 Å². The molecule has 1 aliphatic heterocycles. The van der Waals surface area contributed by atoms with Crippen LogP contribution >= 0.6 is 0 Å². The minimum Gasteiger partial charge on any atom is -0.349 e. The highest BCUT2D eigenvalue weighted by atomic mass is 16.2. The van der Waals surface area contributed by atoms with E-state index in [1.807, 2.05) is 27.7 Å². The van der Waals surface area contributed by atoms with Crippen molar-refractivity contribution in [1.82, 2.24) is 19.4 Å². The third kappa shape index (κ3) is 6.19. The van der Waals surface area contributed by atoms with Crippen molar-refractivity contribution in [2.75, 3.05) is 18.9 Å². The first-order valence-corrected chi connectivity index (χ1v) is 12.9. The predicted molar refractivity (Wildman–Crippen MR) is 147 cm³/mol. The zero-order valence-corrected chi connectivity index (χ0v) is 22.8. The summed E-state index contributed by atoms with van der Waals surface area (Å²) in [6.07, 6.45) is 3.07. The second-order valence-corrected chi connectivity index (χ2v) is 10.3. The minimum absolute atomic E-state index is 0.0403. The molecule has 0 saturated heterocycles. The molecule has 1 aliphatic rings. The van der Waals surface area contributed by atoms with Gasteiger partial charge < -0.3 is 20.9 Å². The molecule has 3 atom stereocenters. The SMILES string of the molecule is C=CC(C)Nc1nc2c(c(=O)n1-c1ccc(C(=O)N(C)CCC(=O)C(N)C(C)C)cc1)CC(C)N(C=O)C2. The Bertz CT molecular complexity index is 1250. The van der Waals surface area contributed by atoms with E-state index >= 15 is 0 Å². The number of nitrogens with two attached hydrogens (primary N) is 1. The van der Waals surface area contributed by atoms with Crippen molar-refractivity contribution in [3.8, 4) is 5.69 Å². The molecule has 2 amide bonds. The number of benzene rings is 1. The van der Waals surface area contributed by atoms with Crippen LogP contribution in [0, 0.1) is 5.92 Å². The van der Waals surface area contributed by atoms with E-state index in [1.54, 1.807) is 42.3 Å². The van der Waals surface area contributed by atoms with Gasteiger partial charge >= 0.3 is 0 Å². The molecule has 3 rings (SSSR count). The molecule has 1 aromatic carbocycles. The highest BCUT2D eigenvalue weighted by molar-refractivity contribution is 5.94. The molecule has 0 aliphatic carbocycles. The molecule has 0 radical (unpaired) electrons. The van der Waals surface area contributed by atoms with Gasteiger partial charge in [0.05, 0.1) is 24.0 Å². The Labute approximate surface area is 223 Å². The van der Waals surface area contributed by atoms with Gasteiger partial charge in [-0.1, -0.05) is 19.9 Å². The second-order valence-electron chi connectivity index (χ2n) is 10.3. The number of anilines is 1. The van der Waals surface area contributed by atoms with Gasteiger partial charge in [0.15, 0.2) is 5.78 Å². The summed E-state index contributed by atoms with van der Waals surface area (Å²) in [5.74, 6) is 0.0599. The molecule has 10 nitrogen and oxygen atoms in total. The van der Waals surface area contributed by atoms with Crippen LogP contribution in [0.5, 0.6) is 0 Å². The summed E-state index contributed by atoms with van der Waals surface area (Å²) in [6, 6.07) is 5.87. The van der Waals surface area contributed by atoms with E-state index in [2.05, 4.69) is 11.9 Å². The number of amides is 2. The van der Waals surface area contributed by atoms with Gasteiger partial charge in [0.1, 0.15) is 0 Å². The second kappa shape index (κ2) is 12.2. The van der Waals surface area contributed by atoms with Crippen LogP contribution in [0.3, 0.4) is 0 Å². The molecule has 10 heteroatoms. The molecule has 2 heterocycles. The van der Waals surface area contributed by atoms with Crippen molar-refractivity contribution < 1.29 is 14.4 Å². The number of ketones is 1. The standard InChI is InChI=1S/C28H38N6O4/c1-7-18(4)30-28-31-23-15-33(16-35)19(5)14-22(23)27(38)34(28)21-10-8-20(9-11-21)26(37)32(6)13-12-24(36)25(29)17(2)3/h7-11,16-19,25H,1,12-15,29H2,2-6H3,(H,30,31). The van der Waals surface area contributed by atoms with Crippen LogP contribution in [0.1, 0.15) is 55.7 Å². The summed E-state index contributed by atoms with van der Waals surface area (Å²) < 4.78 is 1.49. The van der Waals surface area contributed by atoms with Crippen LogP contribution in [0.15, 0.2) is 41.7 Å². The number of hydrogen-bond acceptors (Lipinski definition) is 7. The van der Waals surface area contributed by atoms with Crippen molar-refractivity contribution in [2.45, 2.75) is 65.2 Å². The van der Waals surface area contributed by atoms with E-state index in [0.29, 0.717) is 34.9 Å². The number of nitrogens with one attached hydrogen (secondary N) is 1. The van der Waals surface area contributed by atoms with E-state index in [-0.39, 0.29) is 54.8 Å². The lowest BCUT2D eigenvalue weighted by Gasteiger charge is -2.31. The number of rotatable bonds is 11. The maximum Gasteiger partial charge on any atom is 0.263 e. The minimum atomic E-state index is -0.544. The van der Waals surface area contributed by atoms with Crippen molar-refractivity contribution in [2.24, 2.45) is 11.7 Å². The Morgan fingerprint density at radius 2 is 1.92 bits per heavy atom. The molecule has 3 N–H and O–H groups in total. The maximum absolute atomic E-state index is 13.7. The quantitative estimate of drug-likeness (QED) is 0.341. The lowest BCUT2D eigenvalue weighted by atomic mass is 9.99. The van der Waals surface area contributed by atoms with Gasteiger partial charge in [0, 0.05) is 43.2 Å². The van der Waals surface area contributed by atoms with Crippen LogP contribution in [0.2, 0.25) is 0 Å². The molecule has 2 aromatic rings. The molecule has 0 saturated carbocycles. The lowest BCUT2D eigenvalue weighted by Crippen LogP contribution is -2.42. The van der Waals surface area contributed by atoms with Crippen molar-refractivity contribution >= 4 is 24.0 Å². The lowest BCUT2D eigenvalue weighted by molar-refractivity contribution is -0.121. The van der Waals surface area contributed by atoms with E-state index < -0.39 is 6.04 Å². The molecular formula is C28H38N6O4. The summed E-state index contributed by atoms with van der Waals surface area (Å²) in [7, 11) is 1.64. The number of carbonyl (C=O) groups is 3. The highest BCUT2D eigenvalue weighted by Crippen LogP contribution is 2.22. The summed E-state index contributed by atoms with van der Waals surface area (Å²) in [5, 5.41) is 3.20. The van der Waals surface area contributed by atoms with E-state index in [4.69, 9.17) is 10.7 Å². The van der Waals surface area contributed by atoms with E-state index in [0.717, 1.165) is 6.41 Å². The summed E-state index contributed by atoms with van der Waals surface area (Å²) >= 11 is 0. The molecule has 1 aromatic heterocycles. The normalized spacial score (nSPS) is 16.4. The first kappa shape index (κ1) is 28.8. The smallest absolute Gasteiger partial charge is 0.263 e. The number of aromatic nitrogens is 2. The molecule has 3 unspecified atom stereocenters. The average Bonchev–Trinajstić information content (AvgIpc) is 2.90. The van der Waals surface area contributed by atoms with Gasteiger partial charge in [0.2, 0.25) is 12.4 Å². The van der Waals surface area contributed by atoms with Crippen molar-refractivity contribution in [3.05, 3.63) is 64.1 Å². The Morgan fingerprint density at radius 3 is 2.50 bits per heavy atom. The van der Waals surface area contributed by atoms with Crippen molar-refractivity contribution in [3.63, 3.8) is 0 Å². The Kier molecular flexibility index (Phi) is 9.22. The number of fused-ring (bicyclic) bond motifs is 1. The zero-order valence-electron chi connectivity index (χ0n) is 22.8. The Morgan fingerprint density at radius 1 is 1.26 bits per heavy atom. The van der Waals surface area contributed by atoms with Gasteiger partial charge in [-0.05, 0) is 50.5 Å². The fourth-order valence-electron chi connectivity index (χ4n) is 4.31. The van der Waals surface area contributed by atoms with E-state index in [1.165, 1.54) is 9.47 Å². The highest BCUT2D eigenvalue weighted by Gasteiger charge is 2.28. The van der Waals surface area contributed by atoms with Gasteiger partial charge in [-0.2, -0.15) is 0 Å². The van der Waals surface area contributed by atoms with Crippen LogP contribution in [-0.4, -0.2) is 69.2 Å². The van der Waals surface area contributed by atoms with Crippen LogP contribution in [0.4, 0.5) is 5.95 Å². The summed E-state index contributed by atoms with van der Waals surface area (Å²) in [5.41, 5.74) is 7.81. The predicted octanol–water partition coefficient (Wildman–Crippen LogP) is 2.14. The number of carbonyl (C=O) groups excluding carboxylic acids is 3. The molecule has 204 valence electrons. The number of hydrogen-bond donors (Lipinski definition) is 2. The van der Waals surface area contributed by atoms with Crippen LogP contribution in [0.25, 0.3) is 5.69 Å². The first-order valence-electron chi connectivity index (χ1n) is 12.9. The molecular weight excluding hydrogens is 484 g/mol. The maximum atomic E-state index is 13.7. The third-order valence-corrected chi connectivity index (χ3v) is 7.01. The monoisotopic (exact) mass is 522 g/mol. The fourth-order valence-corrected chi connectivity index (χ4v) is 4.31. The summed E-state index contributed by atoms with van der Waals surface area (Å²) in [6.45, 7) is 11.9. The van der Waals surface area contributed by atoms with Gasteiger partial charge in [0.25, 0.3) is 11.5 Å².